The van der Waals surface area contributed by atoms with Crippen molar-refractivity contribution in [3.63, 3.8) is 0 Å². The van der Waals surface area contributed by atoms with E-state index in [9.17, 15) is 14.0 Å². The van der Waals surface area contributed by atoms with Crippen molar-refractivity contribution in [2.75, 3.05) is 11.9 Å². The van der Waals surface area contributed by atoms with Crippen LogP contribution in [0.2, 0.25) is 0 Å². The lowest BCUT2D eigenvalue weighted by Gasteiger charge is -2.18. The first-order chi connectivity index (χ1) is 22.2. The quantitative estimate of drug-likeness (QED) is 0.171. The number of hydrogen-bond acceptors (Lipinski definition) is 5. The standard InChI is InChI=1S/C37H34FN5O3/c1-5-46-34-18-24(4)31(19-30(34)23(2)3)36-41-32-12-8-6-11-29(32)37(45)43(36)39-20-25-21-42(33-13-9-7-10-28(25)33)22-35(44)40-27-16-14-26(38)15-17-27/h6-21,23H,5,22H2,1-4H3,(H,40,44). The number of carbonyl (C=O) groups is 1. The van der Waals surface area contributed by atoms with Gasteiger partial charge in [-0.2, -0.15) is 9.78 Å². The number of anilines is 1. The Bertz CT molecular complexity index is 2160. The molecule has 4 aromatic carbocycles. The van der Waals surface area contributed by atoms with Crippen LogP contribution < -0.4 is 15.6 Å². The molecule has 2 aromatic heterocycles. The van der Waals surface area contributed by atoms with E-state index in [2.05, 4.69) is 19.2 Å². The molecule has 0 saturated heterocycles. The molecule has 0 aliphatic carbocycles. The first-order valence-corrected chi connectivity index (χ1v) is 15.2. The minimum absolute atomic E-state index is 0.0256. The van der Waals surface area contributed by atoms with Gasteiger partial charge < -0.3 is 14.6 Å². The van der Waals surface area contributed by atoms with Gasteiger partial charge in [-0.05, 0) is 85.5 Å². The van der Waals surface area contributed by atoms with Crippen molar-refractivity contribution in [3.05, 3.63) is 124 Å². The van der Waals surface area contributed by atoms with Crippen LogP contribution in [0.3, 0.4) is 0 Å². The number of carbonyl (C=O) groups excluding carboxylic acids is 1. The third-order valence-electron chi connectivity index (χ3n) is 7.85. The maximum atomic E-state index is 14.0. The summed E-state index contributed by atoms with van der Waals surface area (Å²) in [5.74, 6) is 0.773. The highest BCUT2D eigenvalue weighted by molar-refractivity contribution is 6.00. The molecule has 46 heavy (non-hydrogen) atoms. The van der Waals surface area contributed by atoms with Crippen LogP contribution in [0.4, 0.5) is 10.1 Å². The molecule has 1 N–H and O–H groups in total. The molecule has 9 heteroatoms. The van der Waals surface area contributed by atoms with Crippen molar-refractivity contribution in [3.8, 4) is 17.1 Å². The number of para-hydroxylation sites is 2. The number of nitrogens with one attached hydrogen (secondary N) is 1. The molecule has 8 nitrogen and oxygen atoms in total. The smallest absolute Gasteiger partial charge is 0.282 e. The minimum atomic E-state index is -0.375. The van der Waals surface area contributed by atoms with Crippen molar-refractivity contribution in [1.82, 2.24) is 14.2 Å². The van der Waals surface area contributed by atoms with Gasteiger partial charge in [0.1, 0.15) is 18.1 Å². The van der Waals surface area contributed by atoms with Crippen LogP contribution in [0.1, 0.15) is 43.4 Å². The van der Waals surface area contributed by atoms with Crippen LogP contribution in [-0.4, -0.2) is 33.0 Å². The number of aryl methyl sites for hydroxylation is 1. The van der Waals surface area contributed by atoms with Gasteiger partial charge in [0.25, 0.3) is 5.56 Å². The van der Waals surface area contributed by atoms with Crippen molar-refractivity contribution in [2.45, 2.75) is 40.2 Å². The maximum Gasteiger partial charge on any atom is 0.282 e. The zero-order chi connectivity index (χ0) is 32.4. The summed E-state index contributed by atoms with van der Waals surface area (Å²) in [5.41, 5.74) is 5.05. The van der Waals surface area contributed by atoms with E-state index in [1.807, 2.05) is 79.2 Å². The first-order valence-electron chi connectivity index (χ1n) is 15.2. The lowest BCUT2D eigenvalue weighted by atomic mass is 9.96. The fourth-order valence-electron chi connectivity index (χ4n) is 5.59. The molecule has 6 aromatic rings. The Morgan fingerprint density at radius 3 is 2.48 bits per heavy atom. The zero-order valence-electron chi connectivity index (χ0n) is 26.1. The van der Waals surface area contributed by atoms with Crippen LogP contribution in [0, 0.1) is 12.7 Å². The molecule has 0 bridgehead atoms. The number of halogens is 1. The van der Waals surface area contributed by atoms with E-state index >= 15 is 0 Å². The Kier molecular flexibility index (Phi) is 8.48. The summed E-state index contributed by atoms with van der Waals surface area (Å²) in [6.45, 7) is 8.71. The monoisotopic (exact) mass is 615 g/mol. The highest BCUT2D eigenvalue weighted by Gasteiger charge is 2.19. The van der Waals surface area contributed by atoms with E-state index in [0.717, 1.165) is 38.9 Å². The molecule has 0 saturated carbocycles. The predicted molar refractivity (Wildman–Crippen MR) is 181 cm³/mol. The Morgan fingerprint density at radius 1 is 1.02 bits per heavy atom. The van der Waals surface area contributed by atoms with Crippen molar-refractivity contribution in [2.24, 2.45) is 5.10 Å². The van der Waals surface area contributed by atoms with E-state index in [0.29, 0.717) is 29.0 Å². The Morgan fingerprint density at radius 2 is 1.74 bits per heavy atom. The van der Waals surface area contributed by atoms with Gasteiger partial charge in [0.15, 0.2) is 5.82 Å². The van der Waals surface area contributed by atoms with Crippen LogP contribution in [0.5, 0.6) is 5.75 Å². The third-order valence-corrected chi connectivity index (χ3v) is 7.85. The van der Waals surface area contributed by atoms with Gasteiger partial charge in [-0.1, -0.05) is 44.2 Å². The van der Waals surface area contributed by atoms with E-state index in [1.165, 1.54) is 28.9 Å². The Labute approximate surface area is 265 Å². The number of benzene rings is 4. The summed E-state index contributed by atoms with van der Waals surface area (Å²) in [6.07, 6.45) is 3.46. The second-order valence-corrected chi connectivity index (χ2v) is 11.4. The maximum absolute atomic E-state index is 14.0. The lowest BCUT2D eigenvalue weighted by Crippen LogP contribution is -2.21. The SMILES string of the molecule is CCOc1cc(C)c(-c2nc3ccccc3c(=O)n2N=Cc2cn(CC(=O)Nc3ccc(F)cc3)c3ccccc23)cc1C(C)C. The third kappa shape index (κ3) is 6.04. The second kappa shape index (κ2) is 12.8. The largest absolute Gasteiger partial charge is 0.494 e. The summed E-state index contributed by atoms with van der Waals surface area (Å²) in [6, 6.07) is 24.6. The highest BCUT2D eigenvalue weighted by atomic mass is 19.1. The number of nitrogens with zero attached hydrogens (tertiary/aromatic N) is 4. The molecule has 1 amide bonds. The first kappa shape index (κ1) is 30.5. The van der Waals surface area contributed by atoms with E-state index in [4.69, 9.17) is 14.8 Å². The molecular formula is C37H34FN5O3. The van der Waals surface area contributed by atoms with Gasteiger partial charge in [0, 0.05) is 33.9 Å². The highest BCUT2D eigenvalue weighted by Crippen LogP contribution is 2.34. The van der Waals surface area contributed by atoms with Crippen LogP contribution >= 0.6 is 0 Å². The molecule has 2 heterocycles. The molecule has 0 fully saturated rings. The number of fused-ring (bicyclic) bond motifs is 2. The number of hydrogen-bond donors (Lipinski definition) is 1. The van der Waals surface area contributed by atoms with Crippen molar-refractivity contribution in [1.29, 1.82) is 0 Å². The topological polar surface area (TPSA) is 90.5 Å². The van der Waals surface area contributed by atoms with Gasteiger partial charge >= 0.3 is 0 Å². The number of aromatic nitrogens is 3. The molecule has 6 rings (SSSR count). The normalized spacial score (nSPS) is 11.6. The fourth-order valence-corrected chi connectivity index (χ4v) is 5.59. The summed E-state index contributed by atoms with van der Waals surface area (Å²) < 4.78 is 22.4. The average Bonchev–Trinajstić information content (AvgIpc) is 3.38. The van der Waals surface area contributed by atoms with E-state index < -0.39 is 0 Å². The van der Waals surface area contributed by atoms with Crippen LogP contribution in [0.25, 0.3) is 33.2 Å². The van der Waals surface area contributed by atoms with E-state index in [1.54, 1.807) is 12.3 Å². The van der Waals surface area contributed by atoms with Crippen LogP contribution in [0.15, 0.2) is 101 Å². The summed E-state index contributed by atoms with van der Waals surface area (Å²) in [7, 11) is 0. The molecular weight excluding hydrogens is 581 g/mol. The number of ether oxygens (including phenoxy) is 1. The Hall–Kier alpha value is -5.57. The molecule has 0 aliphatic heterocycles. The zero-order valence-corrected chi connectivity index (χ0v) is 26.1. The lowest BCUT2D eigenvalue weighted by molar-refractivity contribution is -0.116. The summed E-state index contributed by atoms with van der Waals surface area (Å²) in [4.78, 5) is 31.8. The fraction of sp³-hybridized carbons (Fsp3) is 0.189. The van der Waals surface area contributed by atoms with Gasteiger partial charge in [0.05, 0.1) is 23.7 Å². The van der Waals surface area contributed by atoms with E-state index in [-0.39, 0.29) is 29.7 Å². The molecule has 232 valence electrons. The molecule has 0 spiro atoms. The average molecular weight is 616 g/mol. The van der Waals surface area contributed by atoms with Gasteiger partial charge in [0.2, 0.25) is 5.91 Å². The van der Waals surface area contributed by atoms with Gasteiger partial charge in [-0.15, -0.1) is 0 Å². The summed E-state index contributed by atoms with van der Waals surface area (Å²) >= 11 is 0. The second-order valence-electron chi connectivity index (χ2n) is 11.4. The molecule has 0 radical (unpaired) electrons. The van der Waals surface area contributed by atoms with Crippen molar-refractivity contribution >= 4 is 39.6 Å². The number of amides is 1. The van der Waals surface area contributed by atoms with Crippen LogP contribution in [-0.2, 0) is 11.3 Å². The summed E-state index contributed by atoms with van der Waals surface area (Å²) in [5, 5.41) is 8.86. The van der Waals surface area contributed by atoms with Crippen molar-refractivity contribution < 1.29 is 13.9 Å². The Balaban J connectivity index is 1.44. The van der Waals surface area contributed by atoms with Gasteiger partial charge in [-0.25, -0.2) is 9.37 Å². The molecule has 0 atom stereocenters. The molecule has 0 unspecified atom stereocenters. The minimum Gasteiger partial charge on any atom is -0.494 e. The number of rotatable bonds is 9. The molecule has 0 aliphatic rings. The van der Waals surface area contributed by atoms with Gasteiger partial charge in [-0.3, -0.25) is 9.59 Å². The predicted octanol–water partition coefficient (Wildman–Crippen LogP) is 7.51.